The Balaban J connectivity index is 0.947. The quantitative estimate of drug-likeness (QED) is 0.167. The Morgan fingerprint density at radius 3 is 1.44 bits per heavy atom. The van der Waals surface area contributed by atoms with Crippen molar-refractivity contribution in [3.8, 4) is 55.6 Å². The van der Waals surface area contributed by atoms with E-state index in [1.807, 2.05) is 0 Å². The van der Waals surface area contributed by atoms with Crippen LogP contribution in [-0.4, -0.2) is 0 Å². The Labute approximate surface area is 401 Å². The first-order valence-corrected chi connectivity index (χ1v) is 25.1. The Bertz CT molecular complexity index is 3490. The van der Waals surface area contributed by atoms with Crippen molar-refractivity contribution in [2.45, 2.75) is 82.0 Å². The minimum absolute atomic E-state index is 0.0222. The minimum Gasteiger partial charge on any atom is -0.310 e. The Morgan fingerprint density at radius 1 is 0.338 bits per heavy atom. The van der Waals surface area contributed by atoms with Gasteiger partial charge < -0.3 is 4.90 Å². The monoisotopic (exact) mass is 873 g/mol. The SMILES string of the molecule is CC1(C)c2ccccc2-c2cc(-c3cccc4c3-c3ccc(N(c5ccc(C6CCCCC6)cc5)c5ccc6c(c5)C5(c7ccccc7-c7ccccc75)c5ccccc5-6)cc3C4(C)C)ccc21. The molecule has 0 amide bonds. The average Bonchev–Trinajstić information content (AvgIpc) is 4.02. The maximum absolute atomic E-state index is 2.55. The van der Waals surface area contributed by atoms with Gasteiger partial charge in [0, 0.05) is 27.9 Å². The summed E-state index contributed by atoms with van der Waals surface area (Å²) in [5, 5.41) is 0. The molecule has 9 aromatic carbocycles. The molecule has 1 saturated carbocycles. The van der Waals surface area contributed by atoms with Crippen molar-refractivity contribution in [2.75, 3.05) is 4.90 Å². The maximum Gasteiger partial charge on any atom is 0.0726 e. The van der Waals surface area contributed by atoms with E-state index in [-0.39, 0.29) is 10.8 Å². The third-order valence-corrected chi connectivity index (χ3v) is 17.3. The van der Waals surface area contributed by atoms with Crippen molar-refractivity contribution in [2.24, 2.45) is 0 Å². The second-order valence-corrected chi connectivity index (χ2v) is 21.4. The lowest BCUT2D eigenvalue weighted by molar-refractivity contribution is 0.443. The van der Waals surface area contributed by atoms with Crippen molar-refractivity contribution in [3.63, 3.8) is 0 Å². The predicted octanol–water partition coefficient (Wildman–Crippen LogP) is 17.8. The molecule has 0 atom stereocenters. The van der Waals surface area contributed by atoms with Gasteiger partial charge >= 0.3 is 0 Å². The first-order valence-electron chi connectivity index (χ1n) is 25.1. The molecule has 5 aliphatic carbocycles. The molecule has 0 radical (unpaired) electrons. The van der Waals surface area contributed by atoms with Crippen molar-refractivity contribution >= 4 is 17.1 Å². The van der Waals surface area contributed by atoms with Crippen molar-refractivity contribution in [3.05, 3.63) is 244 Å². The van der Waals surface area contributed by atoms with E-state index in [1.165, 1.54) is 155 Å². The van der Waals surface area contributed by atoms with Crippen LogP contribution < -0.4 is 4.90 Å². The molecule has 5 aliphatic rings. The molecule has 1 spiro atoms. The van der Waals surface area contributed by atoms with Gasteiger partial charge in [-0.15, -0.1) is 0 Å². The first-order chi connectivity index (χ1) is 33.2. The summed E-state index contributed by atoms with van der Waals surface area (Å²) in [6.07, 6.45) is 6.61. The highest BCUT2D eigenvalue weighted by Crippen LogP contribution is 2.64. The van der Waals surface area contributed by atoms with Crippen LogP contribution in [0.3, 0.4) is 0 Å². The van der Waals surface area contributed by atoms with Gasteiger partial charge in [-0.05, 0) is 167 Å². The van der Waals surface area contributed by atoms with E-state index in [2.05, 4.69) is 227 Å². The molecule has 14 rings (SSSR count). The molecular formula is C67H55N. The van der Waals surface area contributed by atoms with E-state index in [9.17, 15) is 0 Å². The number of fused-ring (bicyclic) bond motifs is 16. The minimum atomic E-state index is -0.418. The normalized spacial score (nSPS) is 16.8. The average molecular weight is 874 g/mol. The van der Waals surface area contributed by atoms with Crippen LogP contribution >= 0.6 is 0 Å². The highest BCUT2D eigenvalue weighted by molar-refractivity contribution is 5.98. The predicted molar refractivity (Wildman–Crippen MR) is 284 cm³/mol. The summed E-state index contributed by atoms with van der Waals surface area (Å²) in [7, 11) is 0. The van der Waals surface area contributed by atoms with E-state index in [1.54, 1.807) is 0 Å². The Morgan fingerprint density at radius 2 is 0.809 bits per heavy atom. The molecule has 1 fully saturated rings. The standard InChI is InChI=1S/C67H55N/c1-65(2)56-24-12-8-22-52(56)55-39-44(31-38-57(55)65)48-23-16-28-61-64(48)54-37-35-46(40-62(54)66(61,3)4)68(45-32-29-43(30-33-45)42-17-6-5-7-18-42)47-34-36-53-51-21-11-15-27-60(51)67(63(53)41-47)58-25-13-9-19-49(58)50-20-10-14-26-59(50)67/h8-16,19-42H,5-7,17-18H2,1-4H3. The number of hydrogen-bond acceptors (Lipinski definition) is 1. The van der Waals surface area contributed by atoms with Crippen LogP contribution in [-0.2, 0) is 16.2 Å². The van der Waals surface area contributed by atoms with Gasteiger partial charge in [-0.3, -0.25) is 0 Å². The van der Waals surface area contributed by atoms with E-state index in [4.69, 9.17) is 0 Å². The second-order valence-electron chi connectivity index (χ2n) is 21.4. The summed E-state index contributed by atoms with van der Waals surface area (Å²) < 4.78 is 0. The van der Waals surface area contributed by atoms with Crippen molar-refractivity contribution in [1.29, 1.82) is 0 Å². The van der Waals surface area contributed by atoms with Crippen LogP contribution in [0, 0.1) is 0 Å². The zero-order chi connectivity index (χ0) is 45.5. The first kappa shape index (κ1) is 39.9. The van der Waals surface area contributed by atoms with Gasteiger partial charge in [0.1, 0.15) is 0 Å². The number of anilines is 3. The fourth-order valence-corrected chi connectivity index (χ4v) is 14.0. The van der Waals surface area contributed by atoms with E-state index in [0.717, 1.165) is 0 Å². The van der Waals surface area contributed by atoms with Crippen molar-refractivity contribution < 1.29 is 0 Å². The van der Waals surface area contributed by atoms with Gasteiger partial charge in [0.15, 0.2) is 0 Å². The second kappa shape index (κ2) is 14.4. The summed E-state index contributed by atoms with van der Waals surface area (Å²) in [4.78, 5) is 2.55. The summed E-state index contributed by atoms with van der Waals surface area (Å²) in [6.45, 7) is 9.60. The highest BCUT2D eigenvalue weighted by Gasteiger charge is 2.52. The maximum atomic E-state index is 2.55. The van der Waals surface area contributed by atoms with E-state index < -0.39 is 5.41 Å². The summed E-state index contributed by atoms with van der Waals surface area (Å²) >= 11 is 0. The number of nitrogens with zero attached hydrogens (tertiary/aromatic N) is 1. The van der Waals surface area contributed by atoms with Gasteiger partial charge in [-0.25, -0.2) is 0 Å². The molecule has 0 N–H and O–H groups in total. The van der Waals surface area contributed by atoms with E-state index in [0.29, 0.717) is 5.92 Å². The fraction of sp³-hybridized carbons (Fsp3) is 0.194. The zero-order valence-corrected chi connectivity index (χ0v) is 39.5. The third kappa shape index (κ3) is 5.34. The molecule has 9 aromatic rings. The fourth-order valence-electron chi connectivity index (χ4n) is 14.0. The number of benzene rings is 9. The highest BCUT2D eigenvalue weighted by atomic mass is 15.1. The van der Waals surface area contributed by atoms with Crippen LogP contribution in [0.15, 0.2) is 194 Å². The molecule has 0 aromatic heterocycles. The summed E-state index contributed by atoms with van der Waals surface area (Å²) in [6, 6.07) is 75.1. The summed E-state index contributed by atoms with van der Waals surface area (Å²) in [5.74, 6) is 0.646. The largest absolute Gasteiger partial charge is 0.310 e. The smallest absolute Gasteiger partial charge is 0.0726 e. The molecule has 0 bridgehead atoms. The van der Waals surface area contributed by atoms with Crippen LogP contribution in [0.2, 0.25) is 0 Å². The van der Waals surface area contributed by atoms with Gasteiger partial charge in [0.2, 0.25) is 0 Å². The molecule has 0 unspecified atom stereocenters. The van der Waals surface area contributed by atoms with Crippen LogP contribution in [0.4, 0.5) is 17.1 Å². The Hall–Kier alpha value is -7.22. The molecule has 328 valence electrons. The lowest BCUT2D eigenvalue weighted by Gasteiger charge is -2.32. The number of rotatable bonds is 5. The molecule has 1 nitrogen and oxygen atoms in total. The van der Waals surface area contributed by atoms with Crippen molar-refractivity contribution in [1.82, 2.24) is 0 Å². The molecular weight excluding hydrogens is 819 g/mol. The van der Waals surface area contributed by atoms with Gasteiger partial charge in [0.25, 0.3) is 0 Å². The lowest BCUT2D eigenvalue weighted by atomic mass is 9.70. The third-order valence-electron chi connectivity index (χ3n) is 17.3. The molecule has 0 saturated heterocycles. The van der Waals surface area contributed by atoms with Gasteiger partial charge in [-0.1, -0.05) is 199 Å². The molecule has 0 aliphatic heterocycles. The zero-order valence-electron chi connectivity index (χ0n) is 39.5. The lowest BCUT2D eigenvalue weighted by Crippen LogP contribution is -2.26. The van der Waals surface area contributed by atoms with Crippen LogP contribution in [0.25, 0.3) is 55.6 Å². The van der Waals surface area contributed by atoms with Crippen LogP contribution in [0.1, 0.15) is 116 Å². The molecule has 68 heavy (non-hydrogen) atoms. The van der Waals surface area contributed by atoms with Gasteiger partial charge in [0.05, 0.1) is 5.41 Å². The Kier molecular flexibility index (Phi) is 8.45. The molecule has 1 heteroatoms. The number of hydrogen-bond donors (Lipinski definition) is 0. The van der Waals surface area contributed by atoms with Crippen LogP contribution in [0.5, 0.6) is 0 Å². The topological polar surface area (TPSA) is 3.24 Å². The van der Waals surface area contributed by atoms with E-state index >= 15 is 0 Å². The summed E-state index contributed by atoms with van der Waals surface area (Å²) in [5.41, 5.74) is 28.8. The molecule has 0 heterocycles. The van der Waals surface area contributed by atoms with Gasteiger partial charge in [-0.2, -0.15) is 0 Å².